The number of rotatable bonds is 1. The molecule has 1 aliphatic rings. The van der Waals surface area contributed by atoms with E-state index in [2.05, 4.69) is 24.3 Å². The second kappa shape index (κ2) is 5.64. The van der Waals surface area contributed by atoms with Crippen LogP contribution in [-0.4, -0.2) is 5.97 Å². The number of carbonyl (C=O) groups is 1. The highest BCUT2D eigenvalue weighted by Gasteiger charge is 2.30. The SMILES string of the molecule is O=C1OC(c2cccc3ccccc23)Sc2ccc3ccccc3c21. The Bertz CT molecular complexity index is 1130. The standard InChI is InChI=1S/C22H14O2S/c23-21-20-17-10-4-2-7-15(17)12-13-19(20)25-22(24-21)18-11-5-8-14-6-1-3-9-16(14)18/h1-13,22H. The predicted molar refractivity (Wildman–Crippen MR) is 102 cm³/mol. The van der Waals surface area contributed by atoms with Gasteiger partial charge in [0.15, 0.2) is 5.44 Å². The fourth-order valence-electron chi connectivity index (χ4n) is 3.44. The highest BCUT2D eigenvalue weighted by molar-refractivity contribution is 7.99. The summed E-state index contributed by atoms with van der Waals surface area (Å²) in [5.74, 6) is -0.247. The van der Waals surface area contributed by atoms with E-state index in [4.69, 9.17) is 4.74 Å². The van der Waals surface area contributed by atoms with E-state index in [9.17, 15) is 4.79 Å². The number of carbonyl (C=O) groups excluding carboxylic acids is 1. The summed E-state index contributed by atoms with van der Waals surface area (Å²) in [7, 11) is 0. The van der Waals surface area contributed by atoms with Crippen LogP contribution in [0.1, 0.15) is 21.4 Å². The van der Waals surface area contributed by atoms with Crippen molar-refractivity contribution < 1.29 is 9.53 Å². The normalized spacial score (nSPS) is 16.6. The summed E-state index contributed by atoms with van der Waals surface area (Å²) in [6, 6.07) is 26.4. The van der Waals surface area contributed by atoms with Gasteiger partial charge >= 0.3 is 5.97 Å². The van der Waals surface area contributed by atoms with Gasteiger partial charge in [-0.1, -0.05) is 84.6 Å². The molecule has 25 heavy (non-hydrogen) atoms. The van der Waals surface area contributed by atoms with E-state index in [0.717, 1.165) is 32.0 Å². The molecule has 5 rings (SSSR count). The molecule has 0 saturated carbocycles. The Balaban J connectivity index is 1.66. The molecule has 0 amide bonds. The molecule has 4 aromatic carbocycles. The van der Waals surface area contributed by atoms with Crippen LogP contribution >= 0.6 is 11.8 Å². The Morgan fingerprint density at radius 2 is 1.40 bits per heavy atom. The van der Waals surface area contributed by atoms with Gasteiger partial charge in [0.2, 0.25) is 0 Å². The van der Waals surface area contributed by atoms with Crippen LogP contribution in [0.3, 0.4) is 0 Å². The first-order valence-corrected chi connectivity index (χ1v) is 9.06. The van der Waals surface area contributed by atoms with Gasteiger partial charge in [-0.15, -0.1) is 0 Å². The third kappa shape index (κ3) is 2.31. The molecule has 0 saturated heterocycles. The molecule has 1 atom stereocenters. The first-order valence-electron chi connectivity index (χ1n) is 8.18. The second-order valence-electron chi connectivity index (χ2n) is 6.08. The number of thioether (sulfide) groups is 1. The van der Waals surface area contributed by atoms with Crippen LogP contribution in [0.2, 0.25) is 0 Å². The zero-order valence-corrected chi connectivity index (χ0v) is 14.1. The highest BCUT2D eigenvalue weighted by Crippen LogP contribution is 2.46. The van der Waals surface area contributed by atoms with Gasteiger partial charge in [-0.25, -0.2) is 4.79 Å². The zero-order chi connectivity index (χ0) is 16.8. The first-order chi connectivity index (χ1) is 12.3. The quantitative estimate of drug-likeness (QED) is 0.400. The summed E-state index contributed by atoms with van der Waals surface area (Å²) in [6.07, 6.45) is 0. The van der Waals surface area contributed by atoms with Gasteiger partial charge in [-0.2, -0.15) is 0 Å². The lowest BCUT2D eigenvalue weighted by atomic mass is 10.0. The third-order valence-electron chi connectivity index (χ3n) is 4.62. The highest BCUT2D eigenvalue weighted by atomic mass is 32.2. The van der Waals surface area contributed by atoms with Crippen LogP contribution < -0.4 is 0 Å². The second-order valence-corrected chi connectivity index (χ2v) is 7.19. The van der Waals surface area contributed by atoms with Gasteiger partial charge in [0.1, 0.15) is 0 Å². The number of fused-ring (bicyclic) bond motifs is 4. The number of hydrogen-bond acceptors (Lipinski definition) is 3. The van der Waals surface area contributed by atoms with E-state index in [1.165, 1.54) is 0 Å². The smallest absolute Gasteiger partial charge is 0.341 e. The Labute approximate surface area is 149 Å². The Kier molecular flexibility index (Phi) is 3.28. The molecule has 0 N–H and O–H groups in total. The van der Waals surface area contributed by atoms with Gasteiger partial charge < -0.3 is 4.74 Å². The molecule has 1 unspecified atom stereocenters. The molecule has 0 radical (unpaired) electrons. The predicted octanol–water partition coefficient (Wildman–Crippen LogP) is 5.95. The summed E-state index contributed by atoms with van der Waals surface area (Å²) in [6.45, 7) is 0. The first kappa shape index (κ1) is 14.6. The van der Waals surface area contributed by atoms with Gasteiger partial charge in [0, 0.05) is 10.5 Å². The van der Waals surface area contributed by atoms with Crippen LogP contribution in [0.15, 0.2) is 83.8 Å². The minimum absolute atomic E-state index is 0.247. The van der Waals surface area contributed by atoms with E-state index >= 15 is 0 Å². The minimum Gasteiger partial charge on any atom is -0.442 e. The molecule has 0 bridgehead atoms. The molecule has 120 valence electrons. The number of hydrogen-bond donors (Lipinski definition) is 0. The number of ether oxygens (including phenoxy) is 1. The van der Waals surface area contributed by atoms with Crippen LogP contribution in [0.5, 0.6) is 0 Å². The molecule has 0 aromatic heterocycles. The molecular weight excluding hydrogens is 328 g/mol. The van der Waals surface area contributed by atoms with Crippen molar-refractivity contribution in [2.24, 2.45) is 0 Å². The van der Waals surface area contributed by atoms with Crippen LogP contribution in [0.25, 0.3) is 21.5 Å². The maximum Gasteiger partial charge on any atom is 0.341 e. The Morgan fingerprint density at radius 3 is 2.24 bits per heavy atom. The van der Waals surface area contributed by atoms with E-state index in [1.807, 2.05) is 54.6 Å². The maximum absolute atomic E-state index is 12.8. The van der Waals surface area contributed by atoms with Crippen molar-refractivity contribution in [3.63, 3.8) is 0 Å². The summed E-state index contributed by atoms with van der Waals surface area (Å²) in [5.41, 5.74) is 1.39. The van der Waals surface area contributed by atoms with Crippen LogP contribution in [0.4, 0.5) is 0 Å². The summed E-state index contributed by atoms with van der Waals surface area (Å²) >= 11 is 1.60. The monoisotopic (exact) mass is 342 g/mol. The van der Waals surface area contributed by atoms with Crippen molar-refractivity contribution in [3.8, 4) is 0 Å². The number of benzene rings is 4. The molecule has 0 spiro atoms. The molecular formula is C22H14O2S. The lowest BCUT2D eigenvalue weighted by Crippen LogP contribution is -2.16. The van der Waals surface area contributed by atoms with Crippen molar-refractivity contribution in [3.05, 3.63) is 90.0 Å². The Hall–Kier alpha value is -2.78. The largest absolute Gasteiger partial charge is 0.442 e. The van der Waals surface area contributed by atoms with Crippen molar-refractivity contribution in [1.29, 1.82) is 0 Å². The van der Waals surface area contributed by atoms with Crippen LogP contribution in [0, 0.1) is 0 Å². The number of cyclic esters (lactones) is 1. The van der Waals surface area contributed by atoms with Crippen molar-refractivity contribution >= 4 is 39.3 Å². The summed E-state index contributed by atoms with van der Waals surface area (Å²) in [5, 5.41) is 4.29. The van der Waals surface area contributed by atoms with Crippen molar-refractivity contribution in [2.75, 3.05) is 0 Å². The Morgan fingerprint density at radius 1 is 0.720 bits per heavy atom. The molecule has 4 aromatic rings. The summed E-state index contributed by atoms with van der Waals surface area (Å²) < 4.78 is 5.84. The molecule has 0 aliphatic carbocycles. The topological polar surface area (TPSA) is 26.3 Å². The maximum atomic E-state index is 12.8. The average molecular weight is 342 g/mol. The molecule has 0 fully saturated rings. The lowest BCUT2D eigenvalue weighted by molar-refractivity contribution is 0.0444. The van der Waals surface area contributed by atoms with Gasteiger partial charge in [-0.05, 0) is 27.6 Å². The van der Waals surface area contributed by atoms with E-state index in [1.54, 1.807) is 11.8 Å². The van der Waals surface area contributed by atoms with Gasteiger partial charge in [0.25, 0.3) is 0 Å². The van der Waals surface area contributed by atoms with Gasteiger partial charge in [-0.3, -0.25) is 0 Å². The lowest BCUT2D eigenvalue weighted by Gasteiger charge is -2.26. The van der Waals surface area contributed by atoms with E-state index < -0.39 is 0 Å². The summed E-state index contributed by atoms with van der Waals surface area (Å²) in [4.78, 5) is 13.8. The average Bonchev–Trinajstić information content (AvgIpc) is 2.67. The van der Waals surface area contributed by atoms with E-state index in [0.29, 0.717) is 5.56 Å². The van der Waals surface area contributed by atoms with E-state index in [-0.39, 0.29) is 11.4 Å². The van der Waals surface area contributed by atoms with Crippen molar-refractivity contribution in [1.82, 2.24) is 0 Å². The fourth-order valence-corrected chi connectivity index (χ4v) is 4.60. The molecule has 1 heterocycles. The third-order valence-corrected chi connectivity index (χ3v) is 5.78. The molecule has 1 aliphatic heterocycles. The van der Waals surface area contributed by atoms with Crippen LogP contribution in [-0.2, 0) is 4.74 Å². The fraction of sp³-hybridized carbons (Fsp3) is 0.0455. The molecule has 3 heteroatoms. The van der Waals surface area contributed by atoms with Crippen molar-refractivity contribution in [2.45, 2.75) is 10.3 Å². The number of esters is 1. The minimum atomic E-state index is -0.327. The molecule has 2 nitrogen and oxygen atoms in total. The van der Waals surface area contributed by atoms with Gasteiger partial charge in [0.05, 0.1) is 5.56 Å². The zero-order valence-electron chi connectivity index (χ0n) is 13.3.